The second-order valence-electron chi connectivity index (χ2n) is 8.93. The highest BCUT2D eigenvalue weighted by Gasteiger charge is 2.27. The number of fused-ring (bicyclic) bond motifs is 1. The van der Waals surface area contributed by atoms with E-state index in [0.717, 1.165) is 50.1 Å². The first-order chi connectivity index (χ1) is 16.1. The molecule has 0 spiro atoms. The van der Waals surface area contributed by atoms with Gasteiger partial charge in [0.2, 0.25) is 0 Å². The van der Waals surface area contributed by atoms with Gasteiger partial charge in [-0.2, -0.15) is 0 Å². The Balaban J connectivity index is 1.37. The van der Waals surface area contributed by atoms with Crippen molar-refractivity contribution in [1.82, 2.24) is 14.9 Å². The van der Waals surface area contributed by atoms with Crippen molar-refractivity contribution in [2.45, 2.75) is 19.0 Å². The van der Waals surface area contributed by atoms with Crippen LogP contribution in [-0.4, -0.2) is 61.3 Å². The molecule has 2 saturated heterocycles. The summed E-state index contributed by atoms with van der Waals surface area (Å²) in [6.07, 6.45) is 2.26. The third-order valence-corrected chi connectivity index (χ3v) is 6.64. The molecular formula is C25H29F2N5O. The molecule has 3 aromatic rings. The van der Waals surface area contributed by atoms with E-state index < -0.39 is 6.17 Å². The van der Waals surface area contributed by atoms with Gasteiger partial charge in [-0.3, -0.25) is 0 Å². The summed E-state index contributed by atoms with van der Waals surface area (Å²) in [7, 11) is 2.07. The van der Waals surface area contributed by atoms with Gasteiger partial charge in [0.15, 0.2) is 0 Å². The van der Waals surface area contributed by atoms with E-state index in [1.165, 1.54) is 6.07 Å². The van der Waals surface area contributed by atoms with E-state index >= 15 is 4.39 Å². The number of piperidine rings is 1. The maximum absolute atomic E-state index is 15.2. The van der Waals surface area contributed by atoms with Crippen LogP contribution in [0.5, 0.6) is 0 Å². The van der Waals surface area contributed by atoms with Crippen molar-refractivity contribution in [2.75, 3.05) is 56.7 Å². The molecule has 0 amide bonds. The molecule has 2 fully saturated rings. The minimum atomic E-state index is -1.09. The average Bonchev–Trinajstić information content (AvgIpc) is 2.85. The molecule has 0 bridgehead atoms. The van der Waals surface area contributed by atoms with Gasteiger partial charge in [0, 0.05) is 36.4 Å². The second-order valence-corrected chi connectivity index (χ2v) is 8.93. The fraction of sp³-hybridized carbons (Fsp3) is 0.440. The van der Waals surface area contributed by atoms with Crippen LogP contribution >= 0.6 is 0 Å². The smallest absolute Gasteiger partial charge is 0.146 e. The summed E-state index contributed by atoms with van der Waals surface area (Å²) >= 11 is 0. The zero-order valence-corrected chi connectivity index (χ0v) is 18.8. The number of pyridine rings is 2. The first-order valence-electron chi connectivity index (χ1n) is 11.6. The lowest BCUT2D eigenvalue weighted by Gasteiger charge is -2.30. The summed E-state index contributed by atoms with van der Waals surface area (Å²) in [5.74, 6) is 0.101. The highest BCUT2D eigenvalue weighted by molar-refractivity contribution is 5.81. The molecule has 8 heteroatoms. The molecule has 0 unspecified atom stereocenters. The highest BCUT2D eigenvalue weighted by Crippen LogP contribution is 2.34. The number of benzene rings is 1. The zero-order chi connectivity index (χ0) is 22.8. The van der Waals surface area contributed by atoms with Crippen molar-refractivity contribution in [3.05, 3.63) is 54.1 Å². The molecule has 1 atom stereocenters. The van der Waals surface area contributed by atoms with Crippen LogP contribution in [0.1, 0.15) is 24.7 Å². The van der Waals surface area contributed by atoms with Crippen LogP contribution in [0.25, 0.3) is 10.9 Å². The number of morpholine rings is 1. The van der Waals surface area contributed by atoms with Crippen molar-refractivity contribution < 1.29 is 13.5 Å². The summed E-state index contributed by atoms with van der Waals surface area (Å²) in [4.78, 5) is 13.4. The van der Waals surface area contributed by atoms with E-state index in [0.29, 0.717) is 35.9 Å². The van der Waals surface area contributed by atoms with Gasteiger partial charge >= 0.3 is 0 Å². The van der Waals surface area contributed by atoms with Gasteiger partial charge < -0.3 is 19.9 Å². The van der Waals surface area contributed by atoms with Crippen LogP contribution in [0.3, 0.4) is 0 Å². The third-order valence-electron chi connectivity index (χ3n) is 6.64. The Kier molecular flexibility index (Phi) is 6.37. The summed E-state index contributed by atoms with van der Waals surface area (Å²) in [6.45, 7) is 4.68. The lowest BCUT2D eigenvalue weighted by atomic mass is 9.90. The Morgan fingerprint density at radius 1 is 1.06 bits per heavy atom. The van der Waals surface area contributed by atoms with E-state index in [4.69, 9.17) is 4.74 Å². The van der Waals surface area contributed by atoms with Gasteiger partial charge in [-0.1, -0.05) is 0 Å². The summed E-state index contributed by atoms with van der Waals surface area (Å²) in [6, 6.07) is 10.4. The molecule has 1 aromatic carbocycles. The van der Waals surface area contributed by atoms with E-state index in [1.807, 2.05) is 6.07 Å². The minimum Gasteiger partial charge on any atom is -0.378 e. The molecule has 1 N–H and O–H groups in total. The SMILES string of the molecule is CN1CCC([C@H](F)c2ccc3cnc(Nc4cc(N5CCOCC5)ccc4F)cc3n2)CC1. The van der Waals surface area contributed by atoms with Crippen molar-refractivity contribution in [3.63, 3.8) is 0 Å². The number of likely N-dealkylation sites (tertiary alicyclic amines) is 1. The summed E-state index contributed by atoms with van der Waals surface area (Å²) in [5.41, 5.74) is 2.37. The maximum atomic E-state index is 15.2. The number of hydrogen-bond donors (Lipinski definition) is 1. The molecule has 33 heavy (non-hydrogen) atoms. The van der Waals surface area contributed by atoms with Crippen LogP contribution in [0.4, 0.5) is 26.0 Å². The molecule has 174 valence electrons. The summed E-state index contributed by atoms with van der Waals surface area (Å²) < 4.78 is 35.2. The number of nitrogens with zero attached hydrogens (tertiary/aromatic N) is 4. The van der Waals surface area contributed by atoms with Gasteiger partial charge in [-0.05, 0) is 69.2 Å². The number of halogens is 2. The topological polar surface area (TPSA) is 53.5 Å². The summed E-state index contributed by atoms with van der Waals surface area (Å²) in [5, 5.41) is 3.90. The molecule has 2 aromatic heterocycles. The fourth-order valence-corrected chi connectivity index (χ4v) is 4.58. The molecule has 4 heterocycles. The van der Waals surface area contributed by atoms with Crippen molar-refractivity contribution >= 4 is 28.1 Å². The van der Waals surface area contributed by atoms with Gasteiger partial charge in [-0.25, -0.2) is 18.7 Å². The normalized spacial score (nSPS) is 19.1. The Hall–Kier alpha value is -2.84. The lowest BCUT2D eigenvalue weighted by molar-refractivity contribution is 0.122. The second kappa shape index (κ2) is 9.57. The van der Waals surface area contributed by atoms with E-state index in [9.17, 15) is 4.39 Å². The number of aromatic nitrogens is 2. The van der Waals surface area contributed by atoms with Gasteiger partial charge in [0.25, 0.3) is 0 Å². The van der Waals surface area contributed by atoms with Gasteiger partial charge in [0.05, 0.1) is 30.1 Å². The molecule has 2 aliphatic heterocycles. The molecule has 0 radical (unpaired) electrons. The third kappa shape index (κ3) is 4.91. The predicted molar refractivity (Wildman–Crippen MR) is 126 cm³/mol. The predicted octanol–water partition coefficient (Wildman–Crippen LogP) is 4.70. The first-order valence-corrected chi connectivity index (χ1v) is 11.6. The number of nitrogens with one attached hydrogen (secondary N) is 1. The Bertz CT molecular complexity index is 1110. The molecule has 0 saturated carbocycles. The van der Waals surface area contributed by atoms with Crippen LogP contribution in [0, 0.1) is 11.7 Å². The molecular weight excluding hydrogens is 424 g/mol. The Morgan fingerprint density at radius 3 is 2.64 bits per heavy atom. The quantitative estimate of drug-likeness (QED) is 0.604. The number of rotatable bonds is 5. The fourth-order valence-electron chi connectivity index (χ4n) is 4.58. The zero-order valence-electron chi connectivity index (χ0n) is 18.8. The molecule has 5 rings (SSSR count). The Morgan fingerprint density at radius 2 is 1.85 bits per heavy atom. The lowest BCUT2D eigenvalue weighted by Crippen LogP contribution is -2.36. The maximum Gasteiger partial charge on any atom is 0.146 e. The van der Waals surface area contributed by atoms with Crippen molar-refractivity contribution in [3.8, 4) is 0 Å². The highest BCUT2D eigenvalue weighted by atomic mass is 19.1. The first kappa shape index (κ1) is 22.0. The van der Waals surface area contributed by atoms with E-state index in [2.05, 4.69) is 32.1 Å². The number of alkyl halides is 1. The average molecular weight is 454 g/mol. The number of anilines is 3. The number of hydrogen-bond acceptors (Lipinski definition) is 6. The van der Waals surface area contributed by atoms with Crippen LogP contribution in [-0.2, 0) is 4.74 Å². The minimum absolute atomic E-state index is 0.0115. The monoisotopic (exact) mass is 453 g/mol. The Labute approximate surface area is 192 Å². The van der Waals surface area contributed by atoms with Crippen LogP contribution in [0.15, 0.2) is 42.6 Å². The van der Waals surface area contributed by atoms with Crippen molar-refractivity contribution in [1.29, 1.82) is 0 Å². The standard InChI is InChI=1S/C25H29F2N5O/c1-31-8-6-17(7-9-31)25(27)21-5-2-18-16-28-24(15-22(18)29-21)30-23-14-19(3-4-20(23)26)32-10-12-33-13-11-32/h2-5,14-17,25H,6-13H2,1H3,(H,28,30)/t25-/m0/s1. The van der Waals surface area contributed by atoms with E-state index in [-0.39, 0.29) is 11.7 Å². The largest absolute Gasteiger partial charge is 0.378 e. The van der Waals surface area contributed by atoms with Crippen LogP contribution < -0.4 is 10.2 Å². The molecule has 0 aliphatic carbocycles. The van der Waals surface area contributed by atoms with Crippen LogP contribution in [0.2, 0.25) is 0 Å². The molecule has 6 nitrogen and oxygen atoms in total. The van der Waals surface area contributed by atoms with Gasteiger partial charge in [-0.15, -0.1) is 0 Å². The van der Waals surface area contributed by atoms with Gasteiger partial charge in [0.1, 0.15) is 17.8 Å². The van der Waals surface area contributed by atoms with E-state index in [1.54, 1.807) is 30.5 Å². The molecule has 2 aliphatic rings. The number of ether oxygens (including phenoxy) is 1. The van der Waals surface area contributed by atoms with Crippen molar-refractivity contribution in [2.24, 2.45) is 5.92 Å².